The number of para-hydroxylation sites is 1. The van der Waals surface area contributed by atoms with Gasteiger partial charge in [0.2, 0.25) is 20.0 Å². The van der Waals surface area contributed by atoms with Crippen LogP contribution in [-0.2, 0) is 24.8 Å². The number of carbonyl (C=O) groups is 1. The van der Waals surface area contributed by atoms with E-state index in [2.05, 4.69) is 10.3 Å². The number of aromatic nitrogens is 1. The summed E-state index contributed by atoms with van der Waals surface area (Å²) < 4.78 is 57.3. The Balaban J connectivity index is 1.99. The van der Waals surface area contributed by atoms with Crippen molar-refractivity contribution < 1.29 is 31.5 Å². The Bertz CT molecular complexity index is 1450. The van der Waals surface area contributed by atoms with Gasteiger partial charge >= 0.3 is 5.97 Å². The number of benzene rings is 2. The summed E-state index contributed by atoms with van der Waals surface area (Å²) in [5.41, 5.74) is 0.307. The maximum absolute atomic E-state index is 13.5. The lowest BCUT2D eigenvalue weighted by atomic mass is 10.1. The zero-order valence-electron chi connectivity index (χ0n) is 17.1. The number of rotatable bonds is 6. The average molecular weight is 493 g/mol. The number of fused-ring (bicyclic) bond motifs is 1. The number of hydrogen-bond acceptors (Lipinski definition) is 8. The minimum Gasteiger partial charge on any atom is -0.478 e. The van der Waals surface area contributed by atoms with Gasteiger partial charge in [-0.2, -0.15) is 4.31 Å². The molecule has 1 aliphatic rings. The Labute approximate surface area is 189 Å². The molecular formula is C20H20N4O7S2. The maximum Gasteiger partial charge on any atom is 0.337 e. The number of primary sulfonamides is 1. The first-order valence-corrected chi connectivity index (χ1v) is 12.7. The zero-order chi connectivity index (χ0) is 23.8. The molecule has 0 amide bonds. The standard InChI is InChI=1S/C20H20N4O7S2/c21-32(27,28)13-5-6-16-15(11-13)19(23-17-4-2-1-3-14(17)20(25)26)18(12-22-16)33(29,30)24-7-9-31-10-8-24/h1-6,11-12H,7-10H2,(H,22,23)(H,25,26)(H2,21,27,28). The predicted molar refractivity (Wildman–Crippen MR) is 119 cm³/mol. The van der Waals surface area contributed by atoms with Crippen LogP contribution in [0.4, 0.5) is 11.4 Å². The number of nitrogens with zero attached hydrogens (tertiary/aromatic N) is 2. The smallest absolute Gasteiger partial charge is 0.337 e. The number of carboxylic acid groups (broad SMARTS) is 1. The molecule has 4 N–H and O–H groups in total. The SMILES string of the molecule is NS(=O)(=O)c1ccc2ncc(S(=O)(=O)N3CCOCC3)c(Nc3ccccc3C(=O)O)c2c1. The minimum absolute atomic E-state index is 0.00862. The third-order valence-electron chi connectivity index (χ3n) is 5.14. The van der Waals surface area contributed by atoms with Crippen molar-refractivity contribution in [2.75, 3.05) is 31.6 Å². The molecule has 0 saturated carbocycles. The molecule has 33 heavy (non-hydrogen) atoms. The fraction of sp³-hybridized carbons (Fsp3) is 0.200. The summed E-state index contributed by atoms with van der Waals surface area (Å²) in [4.78, 5) is 15.4. The van der Waals surface area contributed by atoms with Gasteiger partial charge in [-0.25, -0.2) is 26.8 Å². The molecule has 11 nitrogen and oxygen atoms in total. The molecule has 0 atom stereocenters. The molecule has 0 aliphatic carbocycles. The summed E-state index contributed by atoms with van der Waals surface area (Å²) in [7, 11) is -8.19. The number of carboxylic acids is 1. The number of aromatic carboxylic acids is 1. The van der Waals surface area contributed by atoms with E-state index in [-0.39, 0.29) is 58.4 Å². The van der Waals surface area contributed by atoms with Crippen LogP contribution in [0.5, 0.6) is 0 Å². The van der Waals surface area contributed by atoms with Crippen LogP contribution in [-0.4, -0.2) is 63.5 Å². The van der Waals surface area contributed by atoms with Crippen LogP contribution >= 0.6 is 0 Å². The summed E-state index contributed by atoms with van der Waals surface area (Å²) in [5, 5.41) is 17.9. The van der Waals surface area contributed by atoms with Gasteiger partial charge in [-0.3, -0.25) is 4.98 Å². The van der Waals surface area contributed by atoms with Crippen LogP contribution in [0.2, 0.25) is 0 Å². The number of pyridine rings is 1. The van der Waals surface area contributed by atoms with Crippen molar-refractivity contribution in [3.8, 4) is 0 Å². The number of nitrogens with two attached hydrogens (primary N) is 1. The van der Waals surface area contributed by atoms with E-state index >= 15 is 0 Å². The van der Waals surface area contributed by atoms with E-state index in [1.165, 1.54) is 40.7 Å². The summed E-state index contributed by atoms with van der Waals surface area (Å²) in [6, 6.07) is 9.82. The molecule has 1 aromatic heterocycles. The molecule has 13 heteroatoms. The van der Waals surface area contributed by atoms with Crippen LogP contribution in [0.3, 0.4) is 0 Å². The van der Waals surface area contributed by atoms with Crippen LogP contribution in [0.15, 0.2) is 58.5 Å². The summed E-state index contributed by atoms with van der Waals surface area (Å²) in [6.07, 6.45) is 1.16. The molecule has 0 spiro atoms. The molecule has 1 aliphatic heterocycles. The highest BCUT2D eigenvalue weighted by Gasteiger charge is 2.31. The van der Waals surface area contributed by atoms with Gasteiger partial charge < -0.3 is 15.2 Å². The minimum atomic E-state index is -4.10. The van der Waals surface area contributed by atoms with E-state index in [1.54, 1.807) is 6.07 Å². The van der Waals surface area contributed by atoms with Gasteiger partial charge in [0, 0.05) is 24.7 Å². The van der Waals surface area contributed by atoms with Crippen LogP contribution in [0.25, 0.3) is 10.9 Å². The quantitative estimate of drug-likeness (QED) is 0.460. The van der Waals surface area contributed by atoms with E-state index in [1.807, 2.05) is 0 Å². The fourth-order valence-electron chi connectivity index (χ4n) is 3.49. The Morgan fingerprint density at radius 1 is 1.09 bits per heavy atom. The zero-order valence-corrected chi connectivity index (χ0v) is 18.8. The molecular weight excluding hydrogens is 472 g/mol. The van der Waals surface area contributed by atoms with Gasteiger partial charge in [-0.05, 0) is 30.3 Å². The number of morpholine rings is 1. The normalized spacial score (nSPS) is 15.4. The average Bonchev–Trinajstić information content (AvgIpc) is 2.79. The lowest BCUT2D eigenvalue weighted by Crippen LogP contribution is -2.40. The highest BCUT2D eigenvalue weighted by atomic mass is 32.2. The van der Waals surface area contributed by atoms with Gasteiger partial charge in [-0.1, -0.05) is 12.1 Å². The van der Waals surface area contributed by atoms with E-state index in [4.69, 9.17) is 9.88 Å². The molecule has 0 radical (unpaired) electrons. The van der Waals surface area contributed by atoms with Crippen molar-refractivity contribution in [2.24, 2.45) is 5.14 Å². The third-order valence-corrected chi connectivity index (χ3v) is 7.96. The van der Waals surface area contributed by atoms with Gasteiger partial charge in [0.05, 0.1) is 40.6 Å². The molecule has 4 rings (SSSR count). The van der Waals surface area contributed by atoms with Gasteiger partial charge in [0.25, 0.3) is 0 Å². The molecule has 0 bridgehead atoms. The Morgan fingerprint density at radius 3 is 2.45 bits per heavy atom. The van der Waals surface area contributed by atoms with Gasteiger partial charge in [0.15, 0.2) is 0 Å². The molecule has 1 fully saturated rings. The Kier molecular flexibility index (Phi) is 6.07. The third kappa shape index (κ3) is 4.54. The van der Waals surface area contributed by atoms with Gasteiger partial charge in [0.1, 0.15) is 4.90 Å². The van der Waals surface area contributed by atoms with Crippen molar-refractivity contribution >= 4 is 48.3 Å². The van der Waals surface area contributed by atoms with Crippen LogP contribution in [0.1, 0.15) is 10.4 Å². The van der Waals surface area contributed by atoms with E-state index in [0.29, 0.717) is 5.52 Å². The molecule has 174 valence electrons. The topological polar surface area (TPSA) is 169 Å². The Hall–Kier alpha value is -3.10. The summed E-state index contributed by atoms with van der Waals surface area (Å²) >= 11 is 0. The van der Waals surface area contributed by atoms with Crippen LogP contribution < -0.4 is 10.5 Å². The molecule has 1 saturated heterocycles. The van der Waals surface area contributed by atoms with Crippen molar-refractivity contribution in [1.82, 2.24) is 9.29 Å². The second-order valence-electron chi connectivity index (χ2n) is 7.21. The Morgan fingerprint density at radius 2 is 1.79 bits per heavy atom. The van der Waals surface area contributed by atoms with Gasteiger partial charge in [-0.15, -0.1) is 0 Å². The van der Waals surface area contributed by atoms with E-state index in [9.17, 15) is 26.7 Å². The number of ether oxygens (including phenoxy) is 1. The number of sulfonamides is 2. The first kappa shape index (κ1) is 23.1. The lowest BCUT2D eigenvalue weighted by Gasteiger charge is -2.27. The second-order valence-corrected chi connectivity index (χ2v) is 10.7. The number of hydrogen-bond donors (Lipinski definition) is 3. The van der Waals surface area contributed by atoms with Crippen molar-refractivity contribution in [1.29, 1.82) is 0 Å². The van der Waals surface area contributed by atoms with Crippen molar-refractivity contribution in [3.63, 3.8) is 0 Å². The van der Waals surface area contributed by atoms with Crippen molar-refractivity contribution in [2.45, 2.75) is 9.79 Å². The molecule has 2 aromatic carbocycles. The first-order chi connectivity index (χ1) is 15.6. The number of anilines is 2. The predicted octanol–water partition coefficient (Wildman–Crippen LogP) is 1.34. The second kappa shape index (κ2) is 8.68. The molecule has 3 aromatic rings. The fourth-order valence-corrected chi connectivity index (χ4v) is 5.55. The number of nitrogens with one attached hydrogen (secondary N) is 1. The summed E-state index contributed by atoms with van der Waals surface area (Å²) in [5.74, 6) is -1.22. The lowest BCUT2D eigenvalue weighted by molar-refractivity contribution is 0.0698. The maximum atomic E-state index is 13.5. The summed E-state index contributed by atoms with van der Waals surface area (Å²) in [6.45, 7) is 0.701. The van der Waals surface area contributed by atoms with Crippen molar-refractivity contribution in [3.05, 3.63) is 54.2 Å². The molecule has 0 unspecified atom stereocenters. The molecule has 2 heterocycles. The first-order valence-electron chi connectivity index (χ1n) is 9.72. The monoisotopic (exact) mass is 492 g/mol. The van der Waals surface area contributed by atoms with E-state index in [0.717, 1.165) is 6.20 Å². The van der Waals surface area contributed by atoms with Crippen LogP contribution in [0, 0.1) is 0 Å². The highest BCUT2D eigenvalue weighted by Crippen LogP contribution is 2.35. The largest absolute Gasteiger partial charge is 0.478 e. The highest BCUT2D eigenvalue weighted by molar-refractivity contribution is 7.89. The van der Waals surface area contributed by atoms with E-state index < -0.39 is 26.0 Å².